The summed E-state index contributed by atoms with van der Waals surface area (Å²) >= 11 is 0. The van der Waals surface area contributed by atoms with Crippen LogP contribution in [0, 0.1) is 5.82 Å². The van der Waals surface area contributed by atoms with Crippen LogP contribution in [0.25, 0.3) is 0 Å². The number of carbonyl (C=O) groups excluding carboxylic acids is 1. The molecule has 2 aromatic rings. The normalized spacial score (nSPS) is 20.7. The van der Waals surface area contributed by atoms with Gasteiger partial charge < -0.3 is 19.9 Å². The van der Waals surface area contributed by atoms with E-state index in [1.54, 1.807) is 36.4 Å². The van der Waals surface area contributed by atoms with E-state index in [0.29, 0.717) is 5.56 Å². The van der Waals surface area contributed by atoms with E-state index in [-0.39, 0.29) is 35.3 Å². The van der Waals surface area contributed by atoms with Gasteiger partial charge in [0.05, 0.1) is 32.3 Å². The van der Waals surface area contributed by atoms with Crippen molar-refractivity contribution in [3.05, 3.63) is 72.1 Å². The van der Waals surface area contributed by atoms with Gasteiger partial charge in [0.15, 0.2) is 0 Å². The first-order valence-corrected chi connectivity index (χ1v) is 11.4. The number of hydrogen-bond acceptors (Lipinski definition) is 6. The van der Waals surface area contributed by atoms with Gasteiger partial charge in [0.25, 0.3) is 0 Å². The van der Waals surface area contributed by atoms with Crippen molar-refractivity contribution in [2.24, 2.45) is 0 Å². The summed E-state index contributed by atoms with van der Waals surface area (Å²) in [4.78, 5) is 12.2. The van der Waals surface area contributed by atoms with Crippen LogP contribution < -0.4 is 14.8 Å². The van der Waals surface area contributed by atoms with E-state index in [4.69, 9.17) is 9.47 Å². The van der Waals surface area contributed by atoms with Gasteiger partial charge in [0.2, 0.25) is 15.9 Å². The quantitative estimate of drug-likeness (QED) is 0.485. The molecule has 0 radical (unpaired) electrons. The molecule has 2 aromatic carbocycles. The van der Waals surface area contributed by atoms with Crippen LogP contribution in [0.4, 0.5) is 4.39 Å². The third-order valence-electron chi connectivity index (χ3n) is 4.88. The highest BCUT2D eigenvalue weighted by Crippen LogP contribution is 2.24. The van der Waals surface area contributed by atoms with Gasteiger partial charge >= 0.3 is 0 Å². The van der Waals surface area contributed by atoms with Gasteiger partial charge in [0.1, 0.15) is 22.6 Å². The number of ether oxygens (including phenoxy) is 2. The van der Waals surface area contributed by atoms with E-state index in [2.05, 4.69) is 10.0 Å². The molecule has 0 unspecified atom stereocenters. The van der Waals surface area contributed by atoms with Crippen molar-refractivity contribution in [3.63, 3.8) is 0 Å². The van der Waals surface area contributed by atoms with Crippen LogP contribution in [0.5, 0.6) is 5.75 Å². The standard InChI is InChI=1S/C22H25FN2O6S/c1-30-19-7-2-3-8-21(19)32(28,29)25-18-10-9-17(31-20(18)14-26)12-22(27)24-13-15-5-4-6-16(23)11-15/h2-11,17-18,20,25-26H,12-14H2,1H3,(H,24,27)/t17-,18+,20-/m1/s1. The molecule has 1 amide bonds. The number of benzene rings is 2. The molecule has 0 bridgehead atoms. The maximum atomic E-state index is 13.2. The lowest BCUT2D eigenvalue weighted by molar-refractivity contribution is -0.125. The topological polar surface area (TPSA) is 114 Å². The molecule has 0 aliphatic carbocycles. The molecule has 0 aromatic heterocycles. The molecule has 1 aliphatic heterocycles. The number of sulfonamides is 1. The van der Waals surface area contributed by atoms with Gasteiger partial charge in [0, 0.05) is 6.54 Å². The van der Waals surface area contributed by atoms with E-state index in [9.17, 15) is 22.7 Å². The highest BCUT2D eigenvalue weighted by molar-refractivity contribution is 7.89. The number of aliphatic hydroxyl groups excluding tert-OH is 1. The largest absolute Gasteiger partial charge is 0.495 e. The summed E-state index contributed by atoms with van der Waals surface area (Å²) in [7, 11) is -2.58. The Balaban J connectivity index is 1.61. The zero-order valence-corrected chi connectivity index (χ0v) is 18.2. The van der Waals surface area contributed by atoms with E-state index >= 15 is 0 Å². The Morgan fingerprint density at radius 2 is 1.97 bits per heavy atom. The van der Waals surface area contributed by atoms with Gasteiger partial charge in [-0.05, 0) is 29.8 Å². The molecule has 172 valence electrons. The van der Waals surface area contributed by atoms with Crippen molar-refractivity contribution in [1.29, 1.82) is 0 Å². The maximum absolute atomic E-state index is 13.2. The maximum Gasteiger partial charge on any atom is 0.244 e. The first-order valence-electron chi connectivity index (χ1n) is 9.93. The van der Waals surface area contributed by atoms with Crippen molar-refractivity contribution in [1.82, 2.24) is 10.0 Å². The molecule has 0 saturated heterocycles. The number of methoxy groups -OCH3 is 1. The highest BCUT2D eigenvalue weighted by Gasteiger charge is 2.32. The SMILES string of the molecule is COc1ccccc1S(=O)(=O)N[C@H]1C=C[C@H](CC(=O)NCc2cccc(F)c2)O[C@@H]1CO. The average Bonchev–Trinajstić information content (AvgIpc) is 2.78. The summed E-state index contributed by atoms with van der Waals surface area (Å²) in [6.45, 7) is -0.289. The molecule has 0 saturated carbocycles. The van der Waals surface area contributed by atoms with E-state index in [0.717, 1.165) is 0 Å². The number of nitrogens with one attached hydrogen (secondary N) is 2. The van der Waals surface area contributed by atoms with Crippen molar-refractivity contribution in [2.45, 2.75) is 36.1 Å². The Morgan fingerprint density at radius 1 is 1.19 bits per heavy atom. The molecule has 0 spiro atoms. The first kappa shape index (κ1) is 23.9. The smallest absolute Gasteiger partial charge is 0.244 e. The lowest BCUT2D eigenvalue weighted by Gasteiger charge is -2.31. The average molecular weight is 465 g/mol. The van der Waals surface area contributed by atoms with Crippen LogP contribution in [0.15, 0.2) is 65.6 Å². The second-order valence-corrected chi connectivity index (χ2v) is 8.87. The lowest BCUT2D eigenvalue weighted by atomic mass is 10.1. The number of para-hydroxylation sites is 1. The zero-order valence-electron chi connectivity index (χ0n) is 17.4. The summed E-state index contributed by atoms with van der Waals surface area (Å²) in [6, 6.07) is 11.2. The first-order chi connectivity index (χ1) is 15.3. The molecule has 0 fully saturated rings. The zero-order chi connectivity index (χ0) is 23.1. The number of amides is 1. The Labute approximate surface area is 186 Å². The fourth-order valence-corrected chi connectivity index (χ4v) is 4.69. The number of aliphatic hydroxyl groups is 1. The van der Waals surface area contributed by atoms with Gasteiger partial charge in [-0.2, -0.15) is 0 Å². The highest BCUT2D eigenvalue weighted by atomic mass is 32.2. The predicted octanol–water partition coefficient (Wildman–Crippen LogP) is 1.50. The van der Waals surface area contributed by atoms with Crippen LogP contribution in [0.3, 0.4) is 0 Å². The van der Waals surface area contributed by atoms with E-state index < -0.39 is 34.9 Å². The molecule has 10 heteroatoms. The van der Waals surface area contributed by atoms with Crippen LogP contribution in [-0.4, -0.2) is 51.4 Å². The van der Waals surface area contributed by atoms with Crippen LogP contribution in [0.2, 0.25) is 0 Å². The number of halogens is 1. The minimum absolute atomic E-state index is 0.0334. The lowest BCUT2D eigenvalue weighted by Crippen LogP contribution is -2.49. The molecule has 3 atom stereocenters. The molecule has 32 heavy (non-hydrogen) atoms. The van der Waals surface area contributed by atoms with E-state index in [1.165, 1.54) is 31.4 Å². The Kier molecular flexibility index (Phi) is 7.97. The number of hydrogen-bond donors (Lipinski definition) is 3. The Hall–Kier alpha value is -2.79. The molecule has 1 aliphatic rings. The number of rotatable bonds is 9. The molecular weight excluding hydrogens is 439 g/mol. The Bertz CT molecular complexity index is 1080. The fourth-order valence-electron chi connectivity index (χ4n) is 3.30. The molecule has 8 nitrogen and oxygen atoms in total. The van der Waals surface area contributed by atoms with Gasteiger partial charge in [-0.15, -0.1) is 0 Å². The number of carbonyl (C=O) groups is 1. The second-order valence-electron chi connectivity index (χ2n) is 7.19. The van der Waals surface area contributed by atoms with Crippen molar-refractivity contribution in [3.8, 4) is 5.75 Å². The fraction of sp³-hybridized carbons (Fsp3) is 0.318. The van der Waals surface area contributed by atoms with Crippen LogP contribution >= 0.6 is 0 Å². The van der Waals surface area contributed by atoms with Crippen LogP contribution in [0.1, 0.15) is 12.0 Å². The van der Waals surface area contributed by atoms with Crippen LogP contribution in [-0.2, 0) is 26.1 Å². The van der Waals surface area contributed by atoms with Crippen molar-refractivity contribution in [2.75, 3.05) is 13.7 Å². The molecule has 1 heterocycles. The second kappa shape index (κ2) is 10.7. The third-order valence-corrected chi connectivity index (χ3v) is 6.38. The summed E-state index contributed by atoms with van der Waals surface area (Å²) < 4.78 is 52.1. The van der Waals surface area contributed by atoms with E-state index in [1.807, 2.05) is 0 Å². The Morgan fingerprint density at radius 3 is 2.69 bits per heavy atom. The minimum atomic E-state index is -3.96. The summed E-state index contributed by atoms with van der Waals surface area (Å²) in [5, 5.41) is 12.4. The summed E-state index contributed by atoms with van der Waals surface area (Å²) in [5.41, 5.74) is 0.623. The minimum Gasteiger partial charge on any atom is -0.495 e. The monoisotopic (exact) mass is 464 g/mol. The summed E-state index contributed by atoms with van der Waals surface area (Å²) in [5.74, 6) is -0.523. The predicted molar refractivity (Wildman–Crippen MR) is 115 cm³/mol. The van der Waals surface area contributed by atoms with Gasteiger partial charge in [-0.3, -0.25) is 4.79 Å². The molecule has 3 N–H and O–H groups in total. The summed E-state index contributed by atoms with van der Waals surface area (Å²) in [6.07, 6.45) is 1.57. The van der Waals surface area contributed by atoms with Crippen molar-refractivity contribution < 1.29 is 32.2 Å². The molecule has 3 rings (SSSR count). The van der Waals surface area contributed by atoms with Crippen molar-refractivity contribution >= 4 is 15.9 Å². The third kappa shape index (κ3) is 6.13. The molecular formula is C22H25FN2O6S. The van der Waals surface area contributed by atoms with Gasteiger partial charge in [-0.25, -0.2) is 17.5 Å². The van der Waals surface area contributed by atoms with Gasteiger partial charge in [-0.1, -0.05) is 36.4 Å².